The Kier molecular flexibility index (Phi) is 6.89. The van der Waals surface area contributed by atoms with Gasteiger partial charge < -0.3 is 9.88 Å². The van der Waals surface area contributed by atoms with E-state index in [0.29, 0.717) is 17.5 Å². The quantitative estimate of drug-likeness (QED) is 0.343. The van der Waals surface area contributed by atoms with Crippen LogP contribution in [0.25, 0.3) is 10.2 Å². The summed E-state index contributed by atoms with van der Waals surface area (Å²) in [6.45, 7) is 4.47. The van der Waals surface area contributed by atoms with E-state index in [9.17, 15) is 9.18 Å². The number of halogens is 1. The number of carbonyl (C=O) groups excluding carboxylic acids is 1. The molecule has 2 heterocycles. The Morgan fingerprint density at radius 1 is 1.19 bits per heavy atom. The van der Waals surface area contributed by atoms with Crippen LogP contribution in [0.3, 0.4) is 0 Å². The molecular weight excluding hydrogens is 453 g/mol. The third-order valence-electron chi connectivity index (χ3n) is 4.49. The summed E-state index contributed by atoms with van der Waals surface area (Å²) in [7, 11) is 0. The van der Waals surface area contributed by atoms with Crippen molar-refractivity contribution in [2.75, 3.05) is 5.32 Å². The van der Waals surface area contributed by atoms with Gasteiger partial charge in [-0.05, 0) is 38.1 Å². The number of hydrogen-bond donors (Lipinski definition) is 1. The monoisotopic (exact) mass is 473 g/mol. The highest BCUT2D eigenvalue weighted by molar-refractivity contribution is 8.00. The van der Waals surface area contributed by atoms with Crippen molar-refractivity contribution in [2.24, 2.45) is 0 Å². The molecule has 31 heavy (non-hydrogen) atoms. The highest BCUT2D eigenvalue weighted by atomic mass is 32.2. The van der Waals surface area contributed by atoms with Gasteiger partial charge in [0.2, 0.25) is 5.91 Å². The van der Waals surface area contributed by atoms with E-state index in [1.807, 2.05) is 29.7 Å². The van der Waals surface area contributed by atoms with Crippen molar-refractivity contribution in [3.63, 3.8) is 0 Å². The fraction of sp³-hybridized carbons (Fsp3) is 0.238. The third kappa shape index (κ3) is 5.08. The molecule has 0 aliphatic heterocycles. The van der Waals surface area contributed by atoms with Crippen molar-refractivity contribution < 1.29 is 9.18 Å². The molecule has 1 unspecified atom stereocenters. The smallest absolute Gasteiger partial charge is 0.237 e. The van der Waals surface area contributed by atoms with Gasteiger partial charge in [0, 0.05) is 6.54 Å². The number of benzene rings is 2. The Labute approximate surface area is 191 Å². The van der Waals surface area contributed by atoms with Gasteiger partial charge in [-0.15, -0.1) is 21.5 Å². The number of thioether (sulfide) groups is 2. The van der Waals surface area contributed by atoms with Gasteiger partial charge >= 0.3 is 0 Å². The summed E-state index contributed by atoms with van der Waals surface area (Å²) < 4.78 is 17.9. The number of rotatable bonds is 8. The predicted octanol–water partition coefficient (Wildman–Crippen LogP) is 5.46. The number of amides is 1. The van der Waals surface area contributed by atoms with Crippen molar-refractivity contribution in [3.8, 4) is 0 Å². The zero-order valence-corrected chi connectivity index (χ0v) is 19.4. The molecule has 2 aromatic heterocycles. The van der Waals surface area contributed by atoms with E-state index >= 15 is 0 Å². The lowest BCUT2D eigenvalue weighted by atomic mass is 10.3. The second-order valence-electron chi connectivity index (χ2n) is 6.61. The summed E-state index contributed by atoms with van der Waals surface area (Å²) in [5.74, 6) is 0.720. The van der Waals surface area contributed by atoms with Crippen LogP contribution in [-0.2, 0) is 17.1 Å². The van der Waals surface area contributed by atoms with Crippen LogP contribution in [0.4, 0.5) is 10.1 Å². The highest BCUT2D eigenvalue weighted by Crippen LogP contribution is 2.32. The lowest BCUT2D eigenvalue weighted by molar-refractivity contribution is -0.115. The number of thiazole rings is 1. The Morgan fingerprint density at radius 2 is 1.97 bits per heavy atom. The first kappa shape index (κ1) is 21.8. The SMILES string of the molecule is CCn1c(CSc2nc3ccccc3s2)nnc1SC(C)C(=O)Nc1ccccc1F. The average Bonchev–Trinajstić information content (AvgIpc) is 3.36. The fourth-order valence-electron chi connectivity index (χ4n) is 2.88. The number of carbonyl (C=O) groups is 1. The van der Waals surface area contributed by atoms with Crippen molar-refractivity contribution >= 4 is 56.7 Å². The van der Waals surface area contributed by atoms with Crippen LogP contribution in [0.5, 0.6) is 0 Å². The number of fused-ring (bicyclic) bond motifs is 1. The topological polar surface area (TPSA) is 72.7 Å². The van der Waals surface area contributed by atoms with Gasteiger partial charge in [-0.3, -0.25) is 4.79 Å². The Morgan fingerprint density at radius 3 is 2.74 bits per heavy atom. The van der Waals surface area contributed by atoms with Crippen molar-refractivity contribution in [2.45, 2.75) is 40.9 Å². The van der Waals surface area contributed by atoms with Gasteiger partial charge in [0.15, 0.2) is 9.50 Å². The molecule has 0 aliphatic carbocycles. The van der Waals surface area contributed by atoms with E-state index in [0.717, 1.165) is 20.4 Å². The molecule has 0 spiro atoms. The van der Waals surface area contributed by atoms with E-state index in [-0.39, 0.29) is 11.6 Å². The Balaban J connectivity index is 1.41. The van der Waals surface area contributed by atoms with E-state index in [4.69, 9.17) is 0 Å². The van der Waals surface area contributed by atoms with Crippen LogP contribution < -0.4 is 5.32 Å². The molecule has 0 radical (unpaired) electrons. The predicted molar refractivity (Wildman–Crippen MR) is 125 cm³/mol. The van der Waals surface area contributed by atoms with Crippen LogP contribution in [0.15, 0.2) is 58.0 Å². The van der Waals surface area contributed by atoms with Crippen LogP contribution in [-0.4, -0.2) is 30.9 Å². The summed E-state index contributed by atoms with van der Waals surface area (Å²) in [5.41, 5.74) is 1.17. The molecule has 0 aliphatic rings. The normalized spacial score (nSPS) is 12.2. The van der Waals surface area contributed by atoms with Crippen LogP contribution >= 0.6 is 34.9 Å². The fourth-order valence-corrected chi connectivity index (χ4v) is 5.82. The van der Waals surface area contributed by atoms with Gasteiger partial charge in [0.25, 0.3) is 0 Å². The van der Waals surface area contributed by atoms with E-state index in [2.05, 4.69) is 26.6 Å². The molecule has 0 fully saturated rings. The molecule has 6 nitrogen and oxygen atoms in total. The maximum absolute atomic E-state index is 13.8. The molecule has 4 aromatic rings. The maximum Gasteiger partial charge on any atom is 0.237 e. The van der Waals surface area contributed by atoms with E-state index in [1.54, 1.807) is 42.2 Å². The first-order valence-corrected chi connectivity index (χ1v) is 12.4. The first-order valence-electron chi connectivity index (χ1n) is 9.67. The van der Waals surface area contributed by atoms with Gasteiger partial charge in [-0.1, -0.05) is 47.8 Å². The molecule has 1 amide bonds. The lowest BCUT2D eigenvalue weighted by Crippen LogP contribution is -2.23. The second-order valence-corrected chi connectivity index (χ2v) is 10.2. The summed E-state index contributed by atoms with van der Waals surface area (Å²) in [5, 5.41) is 11.4. The van der Waals surface area contributed by atoms with Gasteiger partial charge in [0.1, 0.15) is 11.6 Å². The molecule has 0 bridgehead atoms. The molecular formula is C21H20FN5OS3. The minimum absolute atomic E-state index is 0.171. The number of para-hydroxylation sites is 2. The minimum Gasteiger partial charge on any atom is -0.323 e. The summed E-state index contributed by atoms with van der Waals surface area (Å²) in [6.07, 6.45) is 0. The average molecular weight is 474 g/mol. The van der Waals surface area contributed by atoms with E-state index < -0.39 is 11.1 Å². The third-order valence-corrected chi connectivity index (χ3v) is 7.75. The molecule has 10 heteroatoms. The first-order chi connectivity index (χ1) is 15.0. The molecule has 0 saturated heterocycles. The Bertz CT molecular complexity index is 1180. The highest BCUT2D eigenvalue weighted by Gasteiger charge is 2.21. The van der Waals surface area contributed by atoms with Gasteiger partial charge in [-0.2, -0.15) is 0 Å². The zero-order chi connectivity index (χ0) is 21.8. The molecule has 4 rings (SSSR count). The second kappa shape index (κ2) is 9.80. The number of aromatic nitrogens is 4. The van der Waals surface area contributed by atoms with Gasteiger partial charge in [0.05, 0.1) is 26.9 Å². The number of nitrogens with one attached hydrogen (secondary N) is 1. The molecule has 0 saturated carbocycles. The maximum atomic E-state index is 13.8. The standard InChI is InChI=1S/C21H20FN5OS3/c1-3-27-18(12-29-21-24-16-10-6-7-11-17(16)31-21)25-26-20(27)30-13(2)19(28)23-15-9-5-4-8-14(15)22/h4-11,13H,3,12H2,1-2H3,(H,23,28). The largest absolute Gasteiger partial charge is 0.323 e. The van der Waals surface area contributed by atoms with E-state index in [1.165, 1.54) is 23.9 Å². The number of anilines is 1. The Hall–Kier alpha value is -2.43. The summed E-state index contributed by atoms with van der Waals surface area (Å²) in [4.78, 5) is 17.1. The van der Waals surface area contributed by atoms with Crippen LogP contribution in [0.1, 0.15) is 19.7 Å². The number of nitrogens with zero attached hydrogens (tertiary/aromatic N) is 4. The zero-order valence-electron chi connectivity index (χ0n) is 16.9. The summed E-state index contributed by atoms with van der Waals surface area (Å²) >= 11 is 4.59. The van der Waals surface area contributed by atoms with Gasteiger partial charge in [-0.25, -0.2) is 9.37 Å². The molecule has 2 aromatic carbocycles. The minimum atomic E-state index is -0.459. The molecule has 1 atom stereocenters. The summed E-state index contributed by atoms with van der Waals surface area (Å²) in [6, 6.07) is 14.2. The number of hydrogen-bond acceptors (Lipinski definition) is 7. The molecule has 1 N–H and O–H groups in total. The van der Waals surface area contributed by atoms with Crippen molar-refractivity contribution in [3.05, 3.63) is 60.2 Å². The lowest BCUT2D eigenvalue weighted by Gasteiger charge is -2.13. The van der Waals surface area contributed by atoms with Crippen molar-refractivity contribution in [1.29, 1.82) is 0 Å². The molecule has 160 valence electrons. The van der Waals surface area contributed by atoms with Crippen LogP contribution in [0.2, 0.25) is 0 Å². The van der Waals surface area contributed by atoms with Crippen molar-refractivity contribution in [1.82, 2.24) is 19.7 Å². The van der Waals surface area contributed by atoms with Crippen LogP contribution in [0, 0.1) is 5.82 Å².